The summed E-state index contributed by atoms with van der Waals surface area (Å²) in [6.45, 7) is 0.141. The molecular formula is C12H12F3NO3S2. The lowest BCUT2D eigenvalue weighted by Gasteiger charge is -2.34. The van der Waals surface area contributed by atoms with E-state index >= 15 is 0 Å². The molecule has 1 aliphatic rings. The molecule has 116 valence electrons. The fourth-order valence-corrected chi connectivity index (χ4v) is 4.83. The average molecular weight is 339 g/mol. The molecule has 0 aliphatic carbocycles. The molecule has 0 bridgehead atoms. The van der Waals surface area contributed by atoms with Gasteiger partial charge in [-0.05, 0) is 12.1 Å². The van der Waals surface area contributed by atoms with Crippen LogP contribution in [0, 0.1) is 17.5 Å². The molecule has 1 atom stereocenters. The molecular weight excluding hydrogens is 327 g/mol. The van der Waals surface area contributed by atoms with E-state index in [1.807, 2.05) is 0 Å². The van der Waals surface area contributed by atoms with Crippen LogP contribution in [0.2, 0.25) is 0 Å². The van der Waals surface area contributed by atoms with Gasteiger partial charge in [0, 0.05) is 29.9 Å². The largest absolute Gasteiger partial charge is 0.320 e. The summed E-state index contributed by atoms with van der Waals surface area (Å²) >= 11 is 1.37. The average Bonchev–Trinajstić information content (AvgIpc) is 2.42. The number of thioether (sulfide) groups is 1. The number of benzene rings is 1. The van der Waals surface area contributed by atoms with E-state index in [0.717, 1.165) is 11.2 Å². The van der Waals surface area contributed by atoms with Gasteiger partial charge in [-0.25, -0.2) is 21.6 Å². The van der Waals surface area contributed by atoms with Gasteiger partial charge in [0.05, 0.1) is 0 Å². The van der Waals surface area contributed by atoms with Crippen LogP contribution in [0.1, 0.15) is 10.4 Å². The van der Waals surface area contributed by atoms with Gasteiger partial charge in [-0.3, -0.25) is 4.79 Å². The Morgan fingerprint density at radius 3 is 2.38 bits per heavy atom. The van der Waals surface area contributed by atoms with Crippen LogP contribution >= 0.6 is 11.8 Å². The molecule has 1 aromatic carbocycles. The van der Waals surface area contributed by atoms with Gasteiger partial charge in [0.25, 0.3) is 5.91 Å². The fourth-order valence-electron chi connectivity index (χ4n) is 2.01. The van der Waals surface area contributed by atoms with Crippen molar-refractivity contribution >= 4 is 27.5 Å². The highest BCUT2D eigenvalue weighted by Crippen LogP contribution is 2.23. The van der Waals surface area contributed by atoms with E-state index in [1.54, 1.807) is 0 Å². The molecule has 1 aromatic rings. The number of carbonyl (C=O) groups excluding carboxylic acids is 1. The minimum atomic E-state index is -3.53. The molecule has 1 heterocycles. The minimum Gasteiger partial charge on any atom is -0.320 e. The Bertz CT molecular complexity index is 655. The monoisotopic (exact) mass is 339 g/mol. The zero-order chi connectivity index (χ0) is 15.8. The summed E-state index contributed by atoms with van der Waals surface area (Å²) in [7, 11) is -3.53. The minimum absolute atomic E-state index is 0.141. The van der Waals surface area contributed by atoms with Gasteiger partial charge in [0.15, 0.2) is 27.3 Å². The number of amides is 1. The van der Waals surface area contributed by atoms with Crippen molar-refractivity contribution in [3.63, 3.8) is 0 Å². The molecule has 1 amide bonds. The molecule has 21 heavy (non-hydrogen) atoms. The lowest BCUT2D eigenvalue weighted by atomic mass is 10.1. The third-order valence-corrected chi connectivity index (χ3v) is 5.71. The van der Waals surface area contributed by atoms with Crippen LogP contribution in [0.15, 0.2) is 12.1 Å². The summed E-state index contributed by atoms with van der Waals surface area (Å²) < 4.78 is 62.7. The molecule has 1 saturated heterocycles. The molecule has 1 aliphatic heterocycles. The van der Waals surface area contributed by atoms with Gasteiger partial charge in [0.2, 0.25) is 0 Å². The highest BCUT2D eigenvalue weighted by molar-refractivity contribution is 8.00. The summed E-state index contributed by atoms with van der Waals surface area (Å²) in [5.74, 6) is -4.76. The molecule has 0 saturated carbocycles. The summed E-state index contributed by atoms with van der Waals surface area (Å²) in [5.41, 5.74) is -0.410. The topological polar surface area (TPSA) is 54.5 Å². The van der Waals surface area contributed by atoms with Crippen LogP contribution in [-0.4, -0.2) is 48.9 Å². The molecule has 0 radical (unpaired) electrons. The first-order valence-corrected chi connectivity index (χ1v) is 9.05. The van der Waals surface area contributed by atoms with Crippen molar-refractivity contribution in [2.75, 3.05) is 24.3 Å². The van der Waals surface area contributed by atoms with Gasteiger partial charge in [-0.1, -0.05) is 0 Å². The first kappa shape index (κ1) is 16.2. The Morgan fingerprint density at radius 1 is 1.29 bits per heavy atom. The maximum absolute atomic E-state index is 13.2. The number of sulfone groups is 1. The first-order chi connectivity index (χ1) is 9.71. The van der Waals surface area contributed by atoms with Gasteiger partial charge >= 0.3 is 0 Å². The lowest BCUT2D eigenvalue weighted by Crippen LogP contribution is -2.49. The molecule has 1 unspecified atom stereocenters. The van der Waals surface area contributed by atoms with Crippen molar-refractivity contribution in [1.29, 1.82) is 0 Å². The molecule has 4 nitrogen and oxygen atoms in total. The second kappa shape index (κ2) is 5.88. The second-order valence-corrected chi connectivity index (χ2v) is 7.96. The lowest BCUT2D eigenvalue weighted by molar-refractivity contribution is 0.0748. The Labute approximate surface area is 124 Å². The van der Waals surface area contributed by atoms with Crippen molar-refractivity contribution in [2.45, 2.75) is 5.37 Å². The van der Waals surface area contributed by atoms with Crippen LogP contribution < -0.4 is 0 Å². The molecule has 0 spiro atoms. The van der Waals surface area contributed by atoms with E-state index in [4.69, 9.17) is 0 Å². The summed E-state index contributed by atoms with van der Waals surface area (Å²) in [5, 5.41) is -1.06. The molecule has 9 heteroatoms. The van der Waals surface area contributed by atoms with Gasteiger partial charge in [-0.2, -0.15) is 11.8 Å². The van der Waals surface area contributed by atoms with Crippen molar-refractivity contribution < 1.29 is 26.4 Å². The summed E-state index contributed by atoms with van der Waals surface area (Å²) in [4.78, 5) is 13.3. The maximum atomic E-state index is 13.2. The molecule has 1 fully saturated rings. The number of rotatable bonds is 2. The van der Waals surface area contributed by atoms with Crippen molar-refractivity contribution in [3.8, 4) is 0 Å². The molecule has 0 aromatic heterocycles. The van der Waals surface area contributed by atoms with E-state index in [-0.39, 0.29) is 12.3 Å². The highest BCUT2D eigenvalue weighted by Gasteiger charge is 2.35. The van der Waals surface area contributed by atoms with Crippen molar-refractivity contribution in [1.82, 2.24) is 4.90 Å². The maximum Gasteiger partial charge on any atom is 0.255 e. The Morgan fingerprint density at radius 2 is 1.86 bits per heavy atom. The van der Waals surface area contributed by atoms with Crippen molar-refractivity contribution in [3.05, 3.63) is 35.1 Å². The first-order valence-electron chi connectivity index (χ1n) is 5.94. The van der Waals surface area contributed by atoms with E-state index in [0.29, 0.717) is 17.9 Å². The van der Waals surface area contributed by atoms with Gasteiger partial charge in [0.1, 0.15) is 5.37 Å². The van der Waals surface area contributed by atoms with E-state index in [1.165, 1.54) is 11.8 Å². The Hall–Kier alpha value is -1.22. The smallest absolute Gasteiger partial charge is 0.255 e. The van der Waals surface area contributed by atoms with E-state index in [2.05, 4.69) is 0 Å². The van der Waals surface area contributed by atoms with E-state index in [9.17, 15) is 26.4 Å². The number of nitrogens with zero attached hydrogens (tertiary/aromatic N) is 1. The van der Waals surface area contributed by atoms with Gasteiger partial charge in [-0.15, -0.1) is 0 Å². The number of carbonyl (C=O) groups is 1. The fraction of sp³-hybridized carbons (Fsp3) is 0.417. The molecule has 2 rings (SSSR count). The Balaban J connectivity index is 2.38. The third-order valence-electron chi connectivity index (χ3n) is 3.07. The van der Waals surface area contributed by atoms with Crippen molar-refractivity contribution in [2.24, 2.45) is 0 Å². The number of hydrogen-bond acceptors (Lipinski definition) is 4. The van der Waals surface area contributed by atoms with Gasteiger partial charge < -0.3 is 4.90 Å². The normalized spacial score (nSPS) is 19.6. The quantitative estimate of drug-likeness (QED) is 0.769. The molecule has 0 N–H and O–H groups in total. The Kier molecular flexibility index (Phi) is 4.52. The third kappa shape index (κ3) is 3.34. The predicted molar refractivity (Wildman–Crippen MR) is 73.3 cm³/mol. The summed E-state index contributed by atoms with van der Waals surface area (Å²) in [6, 6.07) is 1.14. The summed E-state index contributed by atoms with van der Waals surface area (Å²) in [6.07, 6.45) is 0.996. The van der Waals surface area contributed by atoms with Crippen LogP contribution in [0.25, 0.3) is 0 Å². The van der Waals surface area contributed by atoms with Crippen LogP contribution in [0.5, 0.6) is 0 Å². The predicted octanol–water partition coefficient (Wildman–Crippen LogP) is 1.66. The number of halogens is 3. The standard InChI is InChI=1S/C12H12F3NO3S2/c1-21(18,19)10-6-20-3-2-16(10)12(17)7-4-8(13)11(15)9(14)5-7/h4-5,10H,2-3,6H2,1H3. The number of hydrogen-bond donors (Lipinski definition) is 0. The SMILES string of the molecule is CS(=O)(=O)C1CSCCN1C(=O)c1cc(F)c(F)c(F)c1. The van der Waals surface area contributed by atoms with Crippen LogP contribution in [0.4, 0.5) is 13.2 Å². The zero-order valence-electron chi connectivity index (χ0n) is 11.0. The van der Waals surface area contributed by atoms with Crippen LogP contribution in [-0.2, 0) is 9.84 Å². The van der Waals surface area contributed by atoms with Crippen LogP contribution in [0.3, 0.4) is 0 Å². The van der Waals surface area contributed by atoms with E-state index < -0.39 is 44.1 Å². The zero-order valence-corrected chi connectivity index (χ0v) is 12.6. The second-order valence-electron chi connectivity index (χ2n) is 4.61. The highest BCUT2D eigenvalue weighted by atomic mass is 32.2.